The summed E-state index contributed by atoms with van der Waals surface area (Å²) in [5.41, 5.74) is 5.29. The van der Waals surface area contributed by atoms with E-state index in [-0.39, 0.29) is 17.7 Å². The molecule has 0 aromatic carbocycles. The molecule has 1 saturated heterocycles. The summed E-state index contributed by atoms with van der Waals surface area (Å²) in [7, 11) is 0. The summed E-state index contributed by atoms with van der Waals surface area (Å²) in [6.07, 6.45) is 3.89. The molecular formula is C15H22N2O2S. The van der Waals surface area contributed by atoms with Crippen molar-refractivity contribution in [2.75, 3.05) is 13.1 Å². The molecule has 2 N–H and O–H groups in total. The van der Waals surface area contributed by atoms with Gasteiger partial charge in [-0.3, -0.25) is 9.59 Å². The third-order valence-corrected chi connectivity index (χ3v) is 4.92. The summed E-state index contributed by atoms with van der Waals surface area (Å²) in [5, 5.41) is 0. The number of carbonyl (C=O) groups excluding carboxylic acids is 2. The first kappa shape index (κ1) is 15.0. The van der Waals surface area contributed by atoms with Crippen molar-refractivity contribution < 1.29 is 9.59 Å². The van der Waals surface area contributed by atoms with Gasteiger partial charge in [-0.25, -0.2) is 0 Å². The van der Waals surface area contributed by atoms with Gasteiger partial charge in [0, 0.05) is 35.2 Å². The lowest BCUT2D eigenvalue weighted by atomic mass is 9.96. The van der Waals surface area contributed by atoms with Gasteiger partial charge in [0.05, 0.1) is 0 Å². The maximum atomic E-state index is 12.1. The molecule has 2 rings (SSSR count). The molecule has 2 amide bonds. The normalized spacial score (nSPS) is 16.4. The van der Waals surface area contributed by atoms with E-state index in [2.05, 4.69) is 19.1 Å². The Hall–Kier alpha value is -1.36. The molecule has 1 aliphatic heterocycles. The monoisotopic (exact) mass is 294 g/mol. The van der Waals surface area contributed by atoms with Gasteiger partial charge in [0.1, 0.15) is 0 Å². The maximum absolute atomic E-state index is 12.1. The molecule has 1 aromatic heterocycles. The van der Waals surface area contributed by atoms with Crippen molar-refractivity contribution in [3.8, 4) is 0 Å². The average Bonchev–Trinajstić information content (AvgIpc) is 2.84. The number of piperidine rings is 1. The van der Waals surface area contributed by atoms with Gasteiger partial charge in [-0.1, -0.05) is 0 Å². The largest absolute Gasteiger partial charge is 0.369 e. The summed E-state index contributed by atoms with van der Waals surface area (Å²) in [6.45, 7) is 3.44. The Morgan fingerprint density at radius 1 is 1.35 bits per heavy atom. The molecule has 0 unspecified atom stereocenters. The highest BCUT2D eigenvalue weighted by Crippen LogP contribution is 2.20. The standard InChI is InChI=1S/C15H22N2O2S/c1-11-5-6-13(20-11)3-2-4-14(18)17-9-7-12(8-10-17)15(16)19/h5-6,12H,2-4,7-10H2,1H3,(H2,16,19). The van der Waals surface area contributed by atoms with Crippen LogP contribution in [-0.2, 0) is 16.0 Å². The van der Waals surface area contributed by atoms with Crippen LogP contribution in [0.2, 0.25) is 0 Å². The van der Waals surface area contributed by atoms with Gasteiger partial charge < -0.3 is 10.6 Å². The molecule has 110 valence electrons. The van der Waals surface area contributed by atoms with Crippen LogP contribution in [0, 0.1) is 12.8 Å². The van der Waals surface area contributed by atoms with Crippen LogP contribution in [0.3, 0.4) is 0 Å². The number of nitrogens with zero attached hydrogens (tertiary/aromatic N) is 1. The summed E-state index contributed by atoms with van der Waals surface area (Å²) in [6, 6.07) is 4.26. The van der Waals surface area contributed by atoms with Crippen molar-refractivity contribution in [2.45, 2.75) is 39.0 Å². The predicted octanol–water partition coefficient (Wildman–Crippen LogP) is 2.10. The number of hydrogen-bond acceptors (Lipinski definition) is 3. The first-order chi connectivity index (χ1) is 9.56. The van der Waals surface area contributed by atoms with Gasteiger partial charge in [0.15, 0.2) is 0 Å². The summed E-state index contributed by atoms with van der Waals surface area (Å²) >= 11 is 1.80. The number of likely N-dealkylation sites (tertiary alicyclic amines) is 1. The molecule has 20 heavy (non-hydrogen) atoms. The Kier molecular flexibility index (Phi) is 5.17. The molecule has 1 fully saturated rings. The van der Waals surface area contributed by atoms with Crippen LogP contribution < -0.4 is 5.73 Å². The van der Waals surface area contributed by atoms with E-state index < -0.39 is 0 Å². The van der Waals surface area contributed by atoms with Crippen molar-refractivity contribution in [1.29, 1.82) is 0 Å². The quantitative estimate of drug-likeness (QED) is 0.904. The molecule has 2 heterocycles. The molecule has 0 aliphatic carbocycles. The van der Waals surface area contributed by atoms with Gasteiger partial charge in [-0.2, -0.15) is 0 Å². The van der Waals surface area contributed by atoms with Crippen LogP contribution in [0.1, 0.15) is 35.4 Å². The Morgan fingerprint density at radius 3 is 2.60 bits per heavy atom. The van der Waals surface area contributed by atoms with Crippen LogP contribution in [0.25, 0.3) is 0 Å². The Bertz CT molecular complexity index is 476. The minimum absolute atomic E-state index is 0.0480. The SMILES string of the molecule is Cc1ccc(CCCC(=O)N2CCC(C(N)=O)CC2)s1. The highest BCUT2D eigenvalue weighted by molar-refractivity contribution is 7.11. The molecule has 0 saturated carbocycles. The van der Waals surface area contributed by atoms with Gasteiger partial charge in [-0.15, -0.1) is 11.3 Å². The van der Waals surface area contributed by atoms with Gasteiger partial charge in [0.2, 0.25) is 11.8 Å². The van der Waals surface area contributed by atoms with Crippen LogP contribution in [-0.4, -0.2) is 29.8 Å². The second-order valence-electron chi connectivity index (χ2n) is 5.42. The van der Waals surface area contributed by atoms with E-state index in [0.29, 0.717) is 32.4 Å². The van der Waals surface area contributed by atoms with Gasteiger partial charge in [0.25, 0.3) is 0 Å². The molecule has 1 aromatic rings. The maximum Gasteiger partial charge on any atom is 0.222 e. The molecule has 0 radical (unpaired) electrons. The second-order valence-corrected chi connectivity index (χ2v) is 6.80. The summed E-state index contributed by atoms with van der Waals surface area (Å²) < 4.78 is 0. The number of thiophene rings is 1. The Morgan fingerprint density at radius 2 is 2.05 bits per heavy atom. The van der Waals surface area contributed by atoms with E-state index in [1.807, 2.05) is 4.90 Å². The lowest BCUT2D eigenvalue weighted by Crippen LogP contribution is -2.41. The van der Waals surface area contributed by atoms with Gasteiger partial charge in [-0.05, 0) is 44.7 Å². The van der Waals surface area contributed by atoms with E-state index in [1.165, 1.54) is 9.75 Å². The van der Waals surface area contributed by atoms with Crippen LogP contribution >= 0.6 is 11.3 Å². The van der Waals surface area contributed by atoms with Crippen molar-refractivity contribution in [3.05, 3.63) is 21.9 Å². The fraction of sp³-hybridized carbons (Fsp3) is 0.600. The van der Waals surface area contributed by atoms with Crippen molar-refractivity contribution in [1.82, 2.24) is 4.90 Å². The predicted molar refractivity (Wildman–Crippen MR) is 80.5 cm³/mol. The minimum Gasteiger partial charge on any atom is -0.369 e. The van der Waals surface area contributed by atoms with Crippen LogP contribution in [0.5, 0.6) is 0 Å². The van der Waals surface area contributed by atoms with Crippen LogP contribution in [0.4, 0.5) is 0 Å². The summed E-state index contributed by atoms with van der Waals surface area (Å²) in [5.74, 6) is -0.0699. The lowest BCUT2D eigenvalue weighted by Gasteiger charge is -2.30. The second kappa shape index (κ2) is 6.88. The molecular weight excluding hydrogens is 272 g/mol. The summed E-state index contributed by atoms with van der Waals surface area (Å²) in [4.78, 5) is 27.7. The smallest absolute Gasteiger partial charge is 0.222 e. The molecule has 1 aliphatic rings. The topological polar surface area (TPSA) is 63.4 Å². The van der Waals surface area contributed by atoms with E-state index in [1.54, 1.807) is 11.3 Å². The molecule has 4 nitrogen and oxygen atoms in total. The number of hydrogen-bond donors (Lipinski definition) is 1. The molecule has 0 atom stereocenters. The number of aryl methyl sites for hydroxylation is 2. The minimum atomic E-state index is -0.231. The first-order valence-electron chi connectivity index (χ1n) is 7.18. The number of nitrogens with two attached hydrogens (primary N) is 1. The third kappa shape index (κ3) is 4.07. The van der Waals surface area contributed by atoms with Gasteiger partial charge >= 0.3 is 0 Å². The van der Waals surface area contributed by atoms with Crippen LogP contribution in [0.15, 0.2) is 12.1 Å². The fourth-order valence-corrected chi connectivity index (χ4v) is 3.54. The average molecular weight is 294 g/mol. The first-order valence-corrected chi connectivity index (χ1v) is 8.00. The molecule has 5 heteroatoms. The molecule has 0 bridgehead atoms. The fourth-order valence-electron chi connectivity index (χ4n) is 2.60. The zero-order valence-corrected chi connectivity index (χ0v) is 12.7. The van der Waals surface area contributed by atoms with Crippen molar-refractivity contribution in [2.24, 2.45) is 11.7 Å². The highest BCUT2D eigenvalue weighted by Gasteiger charge is 2.25. The zero-order valence-electron chi connectivity index (χ0n) is 11.9. The Labute approximate surface area is 124 Å². The lowest BCUT2D eigenvalue weighted by molar-refractivity contribution is -0.134. The zero-order chi connectivity index (χ0) is 14.5. The Balaban J connectivity index is 1.69. The van der Waals surface area contributed by atoms with Crippen molar-refractivity contribution in [3.63, 3.8) is 0 Å². The number of primary amides is 1. The highest BCUT2D eigenvalue weighted by atomic mass is 32.1. The van der Waals surface area contributed by atoms with E-state index >= 15 is 0 Å². The van der Waals surface area contributed by atoms with E-state index in [0.717, 1.165) is 12.8 Å². The van der Waals surface area contributed by atoms with E-state index in [9.17, 15) is 9.59 Å². The third-order valence-electron chi connectivity index (χ3n) is 3.86. The number of carbonyl (C=O) groups is 2. The number of rotatable bonds is 5. The van der Waals surface area contributed by atoms with Crippen molar-refractivity contribution >= 4 is 23.2 Å². The molecule has 0 spiro atoms. The van der Waals surface area contributed by atoms with E-state index in [4.69, 9.17) is 5.73 Å². The number of amides is 2.